The number of carbonyl (C=O) groups excluding carboxylic acids is 1. The van der Waals surface area contributed by atoms with Crippen molar-refractivity contribution in [3.05, 3.63) is 34.6 Å². The maximum Gasteiger partial charge on any atom is 0.320 e. The monoisotopic (exact) mass is 523 g/mol. The Balaban J connectivity index is 1.31. The molecule has 1 aromatic heterocycles. The molecule has 1 saturated carbocycles. The molecule has 3 aliphatic rings. The van der Waals surface area contributed by atoms with Crippen LogP contribution in [0.3, 0.4) is 0 Å². The van der Waals surface area contributed by atoms with Gasteiger partial charge in [-0.25, -0.2) is 4.98 Å². The van der Waals surface area contributed by atoms with Crippen molar-refractivity contribution in [1.82, 2.24) is 19.8 Å². The Morgan fingerprint density at radius 1 is 0.974 bits per heavy atom. The summed E-state index contributed by atoms with van der Waals surface area (Å²) < 4.78 is 7.39. The number of benzene rings is 1. The van der Waals surface area contributed by atoms with E-state index in [1.54, 1.807) is 0 Å². The number of carbonyl (C=O) groups is 1. The van der Waals surface area contributed by atoms with Gasteiger partial charge in [-0.2, -0.15) is 0 Å². The summed E-state index contributed by atoms with van der Waals surface area (Å²) in [5.41, 5.74) is 1.24. The number of rotatable bonds is 8. The number of nitrogens with one attached hydrogen (secondary N) is 2. The number of para-hydroxylation sites is 2. The summed E-state index contributed by atoms with van der Waals surface area (Å²) in [5.74, 6) is 0.108. The van der Waals surface area contributed by atoms with Crippen molar-refractivity contribution in [3.8, 4) is 0 Å². The molecule has 8 nitrogen and oxygen atoms in total. The van der Waals surface area contributed by atoms with Crippen molar-refractivity contribution < 1.29 is 9.53 Å². The number of ether oxygens (including phenoxy) is 1. The summed E-state index contributed by atoms with van der Waals surface area (Å²) in [7, 11) is 0. The van der Waals surface area contributed by atoms with Crippen LogP contribution in [-0.4, -0.2) is 63.8 Å². The van der Waals surface area contributed by atoms with Crippen molar-refractivity contribution >= 4 is 22.8 Å². The van der Waals surface area contributed by atoms with Gasteiger partial charge in [-0.3, -0.25) is 19.1 Å². The average Bonchev–Trinajstić information content (AvgIpc) is 3.41. The first-order valence-corrected chi connectivity index (χ1v) is 14.8. The summed E-state index contributed by atoms with van der Waals surface area (Å²) in [5, 5.41) is 6.35. The van der Waals surface area contributed by atoms with Gasteiger partial charge >= 0.3 is 5.97 Å². The average molecular weight is 524 g/mol. The van der Waals surface area contributed by atoms with Gasteiger partial charge in [0.1, 0.15) is 5.60 Å². The van der Waals surface area contributed by atoms with E-state index in [2.05, 4.69) is 20.1 Å². The third-order valence-electron chi connectivity index (χ3n) is 8.46. The molecule has 208 valence electrons. The molecule has 2 N–H and O–H groups in total. The van der Waals surface area contributed by atoms with E-state index in [0.29, 0.717) is 37.0 Å². The van der Waals surface area contributed by atoms with Crippen LogP contribution in [0.15, 0.2) is 29.1 Å². The number of fused-ring (bicyclic) bond motifs is 3. The first kappa shape index (κ1) is 27.1. The Kier molecular flexibility index (Phi) is 8.38. The Morgan fingerprint density at radius 3 is 2.47 bits per heavy atom. The Hall–Kier alpha value is -2.45. The first-order chi connectivity index (χ1) is 18.3. The second kappa shape index (κ2) is 11.7. The highest BCUT2D eigenvalue weighted by Gasteiger charge is 2.50. The van der Waals surface area contributed by atoms with Gasteiger partial charge in [-0.15, -0.1) is 0 Å². The maximum absolute atomic E-state index is 13.9. The quantitative estimate of drug-likeness (QED) is 0.385. The highest BCUT2D eigenvalue weighted by atomic mass is 16.6. The van der Waals surface area contributed by atoms with Crippen molar-refractivity contribution in [2.45, 2.75) is 115 Å². The van der Waals surface area contributed by atoms with Crippen molar-refractivity contribution in [3.63, 3.8) is 0 Å². The minimum Gasteiger partial charge on any atom is -0.459 e. The zero-order chi connectivity index (χ0) is 26.7. The molecule has 3 atom stereocenters. The standard InChI is InChI=1S/C30H45N5O3/c1-30(2,3)38-27(36)20-31-17-18-32-28-29(37)35(24-14-10-9-13-23(24)33-28)26-19-22-15-16-25(26)34(22)21-11-7-5-4-6-8-12-21/h9-10,13-14,21-22,25-26,31H,4-8,11-12,15-20H2,1-3H3,(H,32,33)/t22-,25?,26+/m0/s1. The molecule has 0 amide bonds. The van der Waals surface area contributed by atoms with E-state index in [4.69, 9.17) is 9.72 Å². The van der Waals surface area contributed by atoms with E-state index < -0.39 is 5.60 Å². The molecule has 2 bridgehead atoms. The van der Waals surface area contributed by atoms with E-state index >= 15 is 0 Å². The van der Waals surface area contributed by atoms with Gasteiger partial charge in [0.15, 0.2) is 5.82 Å². The van der Waals surface area contributed by atoms with Gasteiger partial charge in [0.25, 0.3) is 5.56 Å². The van der Waals surface area contributed by atoms with Gasteiger partial charge in [-0.05, 0) is 65.0 Å². The van der Waals surface area contributed by atoms with Crippen molar-refractivity contribution in [2.75, 3.05) is 25.0 Å². The van der Waals surface area contributed by atoms with Gasteiger partial charge in [0.2, 0.25) is 0 Å². The summed E-state index contributed by atoms with van der Waals surface area (Å²) in [6.45, 7) is 6.73. The smallest absolute Gasteiger partial charge is 0.320 e. The fraction of sp³-hybridized carbons (Fsp3) is 0.700. The normalized spacial score (nSPS) is 24.9. The van der Waals surface area contributed by atoms with Crippen LogP contribution in [0.1, 0.15) is 91.0 Å². The Labute approximate surface area is 226 Å². The SMILES string of the molecule is CC(C)(C)OC(=O)CNCCNc1nc2ccccc2n([C@@H]2C[C@@H]3CCC2N3C2CCCCCCC2)c1=O. The molecule has 2 aliphatic heterocycles. The summed E-state index contributed by atoms with van der Waals surface area (Å²) in [6, 6.07) is 9.89. The molecule has 38 heavy (non-hydrogen) atoms. The van der Waals surface area contributed by atoms with Crippen LogP contribution in [0.25, 0.3) is 11.0 Å². The van der Waals surface area contributed by atoms with Gasteiger partial charge in [-0.1, -0.05) is 44.2 Å². The molecule has 3 fully saturated rings. The largest absolute Gasteiger partial charge is 0.459 e. The fourth-order valence-corrected chi connectivity index (χ4v) is 7.01. The highest BCUT2D eigenvalue weighted by molar-refractivity contribution is 5.76. The number of esters is 1. The topological polar surface area (TPSA) is 88.5 Å². The van der Waals surface area contributed by atoms with Crippen molar-refractivity contribution in [1.29, 1.82) is 0 Å². The van der Waals surface area contributed by atoms with Crippen LogP contribution in [0, 0.1) is 0 Å². The molecule has 5 rings (SSSR count). The van der Waals surface area contributed by atoms with Gasteiger partial charge in [0.05, 0.1) is 23.6 Å². The molecule has 0 radical (unpaired) electrons. The highest BCUT2D eigenvalue weighted by Crippen LogP contribution is 2.47. The fourth-order valence-electron chi connectivity index (χ4n) is 7.01. The molecular formula is C30H45N5O3. The molecule has 0 spiro atoms. The third kappa shape index (κ3) is 6.07. The molecular weight excluding hydrogens is 478 g/mol. The zero-order valence-corrected chi connectivity index (χ0v) is 23.4. The van der Waals surface area contributed by atoms with E-state index in [1.165, 1.54) is 57.8 Å². The lowest BCUT2D eigenvalue weighted by Gasteiger charge is -2.34. The molecule has 1 unspecified atom stereocenters. The van der Waals surface area contributed by atoms with Gasteiger partial charge < -0.3 is 15.4 Å². The minimum absolute atomic E-state index is 0.0361. The van der Waals surface area contributed by atoms with Crippen LogP contribution >= 0.6 is 0 Å². The number of hydrogen-bond acceptors (Lipinski definition) is 7. The first-order valence-electron chi connectivity index (χ1n) is 14.8. The van der Waals surface area contributed by atoms with Crippen LogP contribution < -0.4 is 16.2 Å². The van der Waals surface area contributed by atoms with Crippen LogP contribution in [0.2, 0.25) is 0 Å². The summed E-state index contributed by atoms with van der Waals surface area (Å²) in [6.07, 6.45) is 12.8. The number of hydrogen-bond donors (Lipinski definition) is 2. The number of anilines is 1. The second-order valence-electron chi connectivity index (χ2n) is 12.4. The molecule has 1 aliphatic carbocycles. The lowest BCUT2D eigenvalue weighted by Crippen LogP contribution is -2.42. The predicted molar refractivity (Wildman–Crippen MR) is 152 cm³/mol. The van der Waals surface area contributed by atoms with Crippen molar-refractivity contribution in [2.24, 2.45) is 0 Å². The van der Waals surface area contributed by atoms with Crippen LogP contribution in [0.5, 0.6) is 0 Å². The number of aromatic nitrogens is 2. The summed E-state index contributed by atoms with van der Waals surface area (Å²) in [4.78, 5) is 33.4. The lowest BCUT2D eigenvalue weighted by atomic mass is 9.94. The van der Waals surface area contributed by atoms with E-state index in [1.807, 2.05) is 45.0 Å². The molecule has 2 saturated heterocycles. The zero-order valence-electron chi connectivity index (χ0n) is 23.4. The van der Waals surface area contributed by atoms with E-state index in [-0.39, 0.29) is 24.1 Å². The molecule has 3 heterocycles. The van der Waals surface area contributed by atoms with E-state index in [0.717, 1.165) is 17.5 Å². The molecule has 8 heteroatoms. The van der Waals surface area contributed by atoms with E-state index in [9.17, 15) is 9.59 Å². The Morgan fingerprint density at radius 2 is 1.71 bits per heavy atom. The number of nitrogens with zero attached hydrogens (tertiary/aromatic N) is 3. The van der Waals surface area contributed by atoms with Crippen LogP contribution in [0.4, 0.5) is 5.82 Å². The Bertz CT molecular complexity index is 1160. The summed E-state index contributed by atoms with van der Waals surface area (Å²) >= 11 is 0. The predicted octanol–water partition coefficient (Wildman–Crippen LogP) is 4.63. The second-order valence-corrected chi connectivity index (χ2v) is 12.4. The third-order valence-corrected chi connectivity index (χ3v) is 8.46. The minimum atomic E-state index is -0.498. The van der Waals surface area contributed by atoms with Crippen LogP contribution in [-0.2, 0) is 9.53 Å². The molecule has 2 aromatic rings. The maximum atomic E-state index is 13.9. The molecule has 1 aromatic carbocycles. The lowest BCUT2D eigenvalue weighted by molar-refractivity contribution is -0.153. The van der Waals surface area contributed by atoms with Gasteiger partial charge in [0, 0.05) is 31.2 Å².